The summed E-state index contributed by atoms with van der Waals surface area (Å²) in [4.78, 5) is 2.11. The second-order valence-electron chi connectivity index (χ2n) is 3.42. The van der Waals surface area contributed by atoms with Gasteiger partial charge in [0.2, 0.25) is 0 Å². The molecule has 82 valence electrons. The molecule has 0 atom stereocenters. The SMILES string of the molecule is NCc1ccnnc1N1CCS(=O)CC1. The summed E-state index contributed by atoms with van der Waals surface area (Å²) >= 11 is 0. The van der Waals surface area contributed by atoms with Gasteiger partial charge < -0.3 is 10.6 Å². The standard InChI is InChI=1S/C9H14N4OS/c10-7-8-1-2-11-12-9(8)13-3-5-15(14)6-4-13/h1-2H,3-7,10H2. The van der Waals surface area contributed by atoms with Crippen molar-refractivity contribution < 1.29 is 4.21 Å². The molecule has 1 aliphatic heterocycles. The minimum Gasteiger partial charge on any atom is -0.353 e. The number of nitrogens with two attached hydrogens (primary N) is 1. The second-order valence-corrected chi connectivity index (χ2v) is 5.12. The van der Waals surface area contributed by atoms with Gasteiger partial charge in [0.1, 0.15) is 0 Å². The maximum atomic E-state index is 11.2. The third kappa shape index (κ3) is 2.32. The van der Waals surface area contributed by atoms with E-state index in [1.54, 1.807) is 6.20 Å². The highest BCUT2D eigenvalue weighted by Crippen LogP contribution is 2.17. The zero-order valence-corrected chi connectivity index (χ0v) is 9.24. The smallest absolute Gasteiger partial charge is 0.155 e. The topological polar surface area (TPSA) is 72.1 Å². The van der Waals surface area contributed by atoms with Gasteiger partial charge in [-0.3, -0.25) is 4.21 Å². The first kappa shape index (κ1) is 10.5. The van der Waals surface area contributed by atoms with E-state index in [2.05, 4.69) is 15.1 Å². The van der Waals surface area contributed by atoms with E-state index in [1.807, 2.05) is 6.07 Å². The van der Waals surface area contributed by atoms with Crippen molar-refractivity contribution in [3.8, 4) is 0 Å². The van der Waals surface area contributed by atoms with Crippen LogP contribution in [0.3, 0.4) is 0 Å². The van der Waals surface area contributed by atoms with Crippen molar-refractivity contribution in [3.05, 3.63) is 17.8 Å². The van der Waals surface area contributed by atoms with Crippen molar-refractivity contribution in [1.29, 1.82) is 0 Å². The zero-order valence-electron chi connectivity index (χ0n) is 8.43. The average Bonchev–Trinajstić information content (AvgIpc) is 2.30. The molecule has 1 aromatic heterocycles. The summed E-state index contributed by atoms with van der Waals surface area (Å²) < 4.78 is 11.2. The number of anilines is 1. The van der Waals surface area contributed by atoms with Gasteiger partial charge in [0.25, 0.3) is 0 Å². The maximum absolute atomic E-state index is 11.2. The Kier molecular flexibility index (Phi) is 3.27. The molecule has 1 aromatic rings. The summed E-state index contributed by atoms with van der Waals surface area (Å²) in [6.45, 7) is 2.01. The molecule has 0 saturated carbocycles. The summed E-state index contributed by atoms with van der Waals surface area (Å²) in [5.41, 5.74) is 6.63. The quantitative estimate of drug-likeness (QED) is 0.736. The van der Waals surface area contributed by atoms with Gasteiger partial charge in [-0.15, -0.1) is 5.10 Å². The highest BCUT2D eigenvalue weighted by Gasteiger charge is 2.18. The Morgan fingerprint density at radius 1 is 1.47 bits per heavy atom. The third-order valence-electron chi connectivity index (χ3n) is 2.48. The van der Waals surface area contributed by atoms with Crippen molar-refractivity contribution >= 4 is 16.6 Å². The van der Waals surface area contributed by atoms with E-state index >= 15 is 0 Å². The minimum absolute atomic E-state index is 0.463. The lowest BCUT2D eigenvalue weighted by atomic mass is 10.2. The lowest BCUT2D eigenvalue weighted by Crippen LogP contribution is -2.39. The van der Waals surface area contributed by atoms with Crippen molar-refractivity contribution in [2.75, 3.05) is 29.5 Å². The van der Waals surface area contributed by atoms with E-state index in [0.717, 1.165) is 24.5 Å². The van der Waals surface area contributed by atoms with Crippen LogP contribution < -0.4 is 10.6 Å². The molecule has 1 aliphatic rings. The van der Waals surface area contributed by atoms with E-state index in [0.29, 0.717) is 18.1 Å². The Morgan fingerprint density at radius 3 is 2.87 bits per heavy atom. The van der Waals surface area contributed by atoms with Crippen molar-refractivity contribution in [1.82, 2.24) is 10.2 Å². The predicted octanol–water partition coefficient (Wildman–Crippen LogP) is -0.496. The van der Waals surface area contributed by atoms with Crippen molar-refractivity contribution in [2.45, 2.75) is 6.54 Å². The third-order valence-corrected chi connectivity index (χ3v) is 3.76. The largest absolute Gasteiger partial charge is 0.353 e. The van der Waals surface area contributed by atoms with Crippen molar-refractivity contribution in [3.63, 3.8) is 0 Å². The van der Waals surface area contributed by atoms with Crippen LogP contribution in [-0.4, -0.2) is 39.0 Å². The zero-order chi connectivity index (χ0) is 10.7. The Bertz CT molecular complexity index is 361. The number of hydrogen-bond donors (Lipinski definition) is 1. The summed E-state index contributed by atoms with van der Waals surface area (Å²) in [5.74, 6) is 2.26. The Balaban J connectivity index is 2.18. The van der Waals surface area contributed by atoms with Gasteiger partial charge in [0.05, 0.1) is 6.20 Å². The van der Waals surface area contributed by atoms with Crippen LogP contribution in [0.1, 0.15) is 5.56 Å². The fourth-order valence-electron chi connectivity index (χ4n) is 1.63. The molecule has 2 heterocycles. The molecule has 0 radical (unpaired) electrons. The summed E-state index contributed by atoms with van der Waals surface area (Å²) in [7, 11) is -0.664. The highest BCUT2D eigenvalue weighted by molar-refractivity contribution is 7.85. The number of nitrogens with zero attached hydrogens (tertiary/aromatic N) is 3. The molecule has 6 heteroatoms. The molecular formula is C9H14N4OS. The molecule has 0 amide bonds. The van der Waals surface area contributed by atoms with E-state index in [9.17, 15) is 4.21 Å². The van der Waals surface area contributed by atoms with Crippen LogP contribution in [0, 0.1) is 0 Å². The Morgan fingerprint density at radius 2 is 2.20 bits per heavy atom. The summed E-state index contributed by atoms with van der Waals surface area (Å²) in [6.07, 6.45) is 1.65. The van der Waals surface area contributed by atoms with E-state index in [4.69, 9.17) is 5.73 Å². The second kappa shape index (κ2) is 4.67. The molecule has 5 nitrogen and oxygen atoms in total. The van der Waals surface area contributed by atoms with Crippen LogP contribution in [0.25, 0.3) is 0 Å². The van der Waals surface area contributed by atoms with E-state index in [1.165, 1.54) is 0 Å². The van der Waals surface area contributed by atoms with Gasteiger partial charge in [-0.25, -0.2) is 0 Å². The molecule has 0 aromatic carbocycles. The molecule has 0 unspecified atom stereocenters. The normalized spacial score (nSPS) is 18.1. The van der Waals surface area contributed by atoms with Gasteiger partial charge in [-0.05, 0) is 6.07 Å². The van der Waals surface area contributed by atoms with Gasteiger partial charge in [0.15, 0.2) is 5.82 Å². The molecule has 2 rings (SSSR count). The van der Waals surface area contributed by atoms with Crippen LogP contribution >= 0.6 is 0 Å². The highest BCUT2D eigenvalue weighted by atomic mass is 32.2. The molecular weight excluding hydrogens is 212 g/mol. The van der Waals surface area contributed by atoms with Crippen LogP contribution in [0.4, 0.5) is 5.82 Å². The minimum atomic E-state index is -0.664. The first-order valence-corrected chi connectivity index (χ1v) is 6.40. The molecule has 2 N–H and O–H groups in total. The lowest BCUT2D eigenvalue weighted by Gasteiger charge is -2.28. The molecule has 0 aliphatic carbocycles. The van der Waals surface area contributed by atoms with Gasteiger partial charge in [0, 0.05) is 47.5 Å². The molecule has 1 fully saturated rings. The van der Waals surface area contributed by atoms with E-state index < -0.39 is 10.8 Å². The van der Waals surface area contributed by atoms with Crippen LogP contribution in [0.15, 0.2) is 12.3 Å². The fraction of sp³-hybridized carbons (Fsp3) is 0.556. The Labute approximate surface area is 91.1 Å². The molecule has 0 spiro atoms. The predicted molar refractivity (Wildman–Crippen MR) is 60.0 cm³/mol. The number of hydrogen-bond acceptors (Lipinski definition) is 5. The maximum Gasteiger partial charge on any atom is 0.155 e. The lowest BCUT2D eigenvalue weighted by molar-refractivity contribution is 0.671. The molecule has 0 bridgehead atoms. The Hall–Kier alpha value is -1.01. The molecule has 15 heavy (non-hydrogen) atoms. The van der Waals surface area contributed by atoms with Crippen LogP contribution in [0.2, 0.25) is 0 Å². The first-order valence-electron chi connectivity index (χ1n) is 4.92. The monoisotopic (exact) mass is 226 g/mol. The van der Waals surface area contributed by atoms with Gasteiger partial charge >= 0.3 is 0 Å². The molecule has 1 saturated heterocycles. The first-order chi connectivity index (χ1) is 7.31. The van der Waals surface area contributed by atoms with Crippen LogP contribution in [0.5, 0.6) is 0 Å². The fourth-order valence-corrected chi connectivity index (χ4v) is 2.68. The number of aromatic nitrogens is 2. The summed E-state index contributed by atoms with van der Waals surface area (Å²) in [6, 6.07) is 1.88. The van der Waals surface area contributed by atoms with E-state index in [-0.39, 0.29) is 0 Å². The average molecular weight is 226 g/mol. The van der Waals surface area contributed by atoms with Crippen LogP contribution in [-0.2, 0) is 17.3 Å². The van der Waals surface area contributed by atoms with Gasteiger partial charge in [-0.2, -0.15) is 5.10 Å². The number of rotatable bonds is 2. The van der Waals surface area contributed by atoms with Crippen molar-refractivity contribution in [2.24, 2.45) is 5.73 Å². The van der Waals surface area contributed by atoms with Gasteiger partial charge in [-0.1, -0.05) is 0 Å². The summed E-state index contributed by atoms with van der Waals surface area (Å²) in [5, 5.41) is 7.96.